The van der Waals surface area contributed by atoms with Crippen molar-refractivity contribution in [3.63, 3.8) is 0 Å². The van der Waals surface area contributed by atoms with Gasteiger partial charge < -0.3 is 5.32 Å². The molecule has 1 aromatic rings. The smallest absolute Gasteiger partial charge is 0.137 e. The van der Waals surface area contributed by atoms with Crippen LogP contribution in [0.25, 0.3) is 0 Å². The molecule has 0 aromatic heterocycles. The highest BCUT2D eigenvalue weighted by Gasteiger charge is 2.15. The maximum Gasteiger partial charge on any atom is 0.137 e. The van der Waals surface area contributed by atoms with E-state index in [0.717, 1.165) is 31.5 Å². The molecule has 14 heavy (non-hydrogen) atoms. The molecule has 0 aliphatic carbocycles. The SMILES string of the molecule is Fc1cc(C2CCNCC2)ccc1Br. The van der Waals surface area contributed by atoms with Crippen LogP contribution < -0.4 is 5.32 Å². The lowest BCUT2D eigenvalue weighted by atomic mass is 9.90. The third-order valence-corrected chi connectivity index (χ3v) is 3.40. The summed E-state index contributed by atoms with van der Waals surface area (Å²) in [6.07, 6.45) is 2.22. The summed E-state index contributed by atoms with van der Waals surface area (Å²) in [7, 11) is 0. The first-order valence-electron chi connectivity index (χ1n) is 4.93. The van der Waals surface area contributed by atoms with Crippen LogP contribution in [-0.4, -0.2) is 13.1 Å². The molecule has 0 amide bonds. The molecule has 1 fully saturated rings. The molecule has 2 rings (SSSR count). The van der Waals surface area contributed by atoms with Crippen LogP contribution in [0.3, 0.4) is 0 Å². The summed E-state index contributed by atoms with van der Waals surface area (Å²) in [5.41, 5.74) is 1.13. The fourth-order valence-corrected chi connectivity index (χ4v) is 2.17. The highest BCUT2D eigenvalue weighted by Crippen LogP contribution is 2.27. The Morgan fingerprint density at radius 3 is 2.64 bits per heavy atom. The zero-order valence-corrected chi connectivity index (χ0v) is 9.48. The lowest BCUT2D eigenvalue weighted by molar-refractivity contribution is 0.458. The van der Waals surface area contributed by atoms with E-state index in [-0.39, 0.29) is 5.82 Å². The molecule has 76 valence electrons. The van der Waals surface area contributed by atoms with E-state index in [1.54, 1.807) is 12.1 Å². The maximum absolute atomic E-state index is 13.3. The van der Waals surface area contributed by atoms with Crippen LogP contribution >= 0.6 is 15.9 Å². The third kappa shape index (κ3) is 2.15. The second-order valence-electron chi connectivity index (χ2n) is 3.70. The first-order valence-corrected chi connectivity index (χ1v) is 5.72. The molecule has 1 heterocycles. The standard InChI is InChI=1S/C11H13BrFN/c12-10-2-1-9(7-11(10)13)8-3-5-14-6-4-8/h1-2,7-8,14H,3-6H2. The molecule has 0 bridgehead atoms. The number of hydrogen-bond donors (Lipinski definition) is 1. The first-order chi connectivity index (χ1) is 6.77. The van der Waals surface area contributed by atoms with Gasteiger partial charge in [0, 0.05) is 0 Å². The molecule has 1 aliphatic rings. The van der Waals surface area contributed by atoms with E-state index in [1.165, 1.54) is 0 Å². The van der Waals surface area contributed by atoms with Crippen molar-refractivity contribution < 1.29 is 4.39 Å². The molecule has 3 heteroatoms. The van der Waals surface area contributed by atoms with Crippen molar-refractivity contribution in [2.45, 2.75) is 18.8 Å². The summed E-state index contributed by atoms with van der Waals surface area (Å²) in [6.45, 7) is 2.09. The largest absolute Gasteiger partial charge is 0.317 e. The molecule has 0 atom stereocenters. The van der Waals surface area contributed by atoms with Crippen LogP contribution in [0, 0.1) is 5.82 Å². The summed E-state index contributed by atoms with van der Waals surface area (Å²) in [5.74, 6) is 0.375. The Balaban J connectivity index is 2.18. The van der Waals surface area contributed by atoms with Gasteiger partial charge in [0.25, 0.3) is 0 Å². The van der Waals surface area contributed by atoms with E-state index in [0.29, 0.717) is 10.4 Å². The van der Waals surface area contributed by atoms with Crippen LogP contribution in [-0.2, 0) is 0 Å². The number of halogens is 2. The quantitative estimate of drug-likeness (QED) is 0.816. The van der Waals surface area contributed by atoms with Gasteiger partial charge in [-0.3, -0.25) is 0 Å². The van der Waals surface area contributed by atoms with Crippen LogP contribution in [0.5, 0.6) is 0 Å². The van der Waals surface area contributed by atoms with E-state index in [4.69, 9.17) is 0 Å². The molecule has 0 spiro atoms. The van der Waals surface area contributed by atoms with E-state index in [2.05, 4.69) is 21.2 Å². The molecule has 1 aromatic carbocycles. The van der Waals surface area contributed by atoms with Crippen molar-refractivity contribution in [2.75, 3.05) is 13.1 Å². The number of rotatable bonds is 1. The molecule has 0 unspecified atom stereocenters. The summed E-state index contributed by atoms with van der Waals surface area (Å²) in [4.78, 5) is 0. The molecular formula is C11H13BrFN. The topological polar surface area (TPSA) is 12.0 Å². The van der Waals surface area contributed by atoms with Gasteiger partial charge in [0.15, 0.2) is 0 Å². The minimum atomic E-state index is -0.152. The average Bonchev–Trinajstić information content (AvgIpc) is 2.23. The van der Waals surface area contributed by atoms with E-state index in [9.17, 15) is 4.39 Å². The van der Waals surface area contributed by atoms with Crippen molar-refractivity contribution in [1.29, 1.82) is 0 Å². The Morgan fingerprint density at radius 2 is 2.00 bits per heavy atom. The molecule has 0 saturated carbocycles. The highest BCUT2D eigenvalue weighted by molar-refractivity contribution is 9.10. The summed E-state index contributed by atoms with van der Waals surface area (Å²) >= 11 is 3.17. The summed E-state index contributed by atoms with van der Waals surface area (Å²) < 4.78 is 13.8. The Hall–Kier alpha value is -0.410. The summed E-state index contributed by atoms with van der Waals surface area (Å²) in [5, 5.41) is 3.31. The molecule has 1 nitrogen and oxygen atoms in total. The van der Waals surface area contributed by atoms with Crippen LogP contribution in [0.15, 0.2) is 22.7 Å². The Kier molecular flexibility index (Phi) is 3.19. The van der Waals surface area contributed by atoms with Gasteiger partial charge in [0.2, 0.25) is 0 Å². The van der Waals surface area contributed by atoms with Gasteiger partial charge in [-0.05, 0) is 65.5 Å². The van der Waals surface area contributed by atoms with Crippen LogP contribution in [0.2, 0.25) is 0 Å². The molecular weight excluding hydrogens is 245 g/mol. The van der Waals surface area contributed by atoms with Crippen molar-refractivity contribution in [3.8, 4) is 0 Å². The summed E-state index contributed by atoms with van der Waals surface area (Å²) in [6, 6.07) is 5.47. The van der Waals surface area contributed by atoms with Gasteiger partial charge in [-0.1, -0.05) is 6.07 Å². The van der Waals surface area contributed by atoms with Crippen LogP contribution in [0.1, 0.15) is 24.3 Å². The van der Waals surface area contributed by atoms with Crippen LogP contribution in [0.4, 0.5) is 4.39 Å². The fourth-order valence-electron chi connectivity index (χ4n) is 1.92. The van der Waals surface area contributed by atoms with E-state index in [1.807, 2.05) is 6.07 Å². The first kappa shape index (κ1) is 10.1. The molecule has 1 N–H and O–H groups in total. The molecule has 1 saturated heterocycles. The zero-order valence-electron chi connectivity index (χ0n) is 7.89. The van der Waals surface area contributed by atoms with Gasteiger partial charge >= 0.3 is 0 Å². The minimum absolute atomic E-state index is 0.152. The Morgan fingerprint density at radius 1 is 1.29 bits per heavy atom. The van der Waals surface area contributed by atoms with Gasteiger partial charge in [0.05, 0.1) is 4.47 Å². The molecule has 1 aliphatic heterocycles. The monoisotopic (exact) mass is 257 g/mol. The van der Waals surface area contributed by atoms with Gasteiger partial charge in [0.1, 0.15) is 5.82 Å². The lowest BCUT2D eigenvalue weighted by Crippen LogP contribution is -2.26. The van der Waals surface area contributed by atoms with Crippen molar-refractivity contribution in [1.82, 2.24) is 5.32 Å². The number of hydrogen-bond acceptors (Lipinski definition) is 1. The normalized spacial score (nSPS) is 18.4. The number of piperidine rings is 1. The zero-order chi connectivity index (χ0) is 9.97. The highest BCUT2D eigenvalue weighted by atomic mass is 79.9. The van der Waals surface area contributed by atoms with E-state index >= 15 is 0 Å². The molecule has 0 radical (unpaired) electrons. The second-order valence-corrected chi connectivity index (χ2v) is 4.55. The minimum Gasteiger partial charge on any atom is -0.317 e. The Labute approximate surface area is 91.8 Å². The number of nitrogens with one attached hydrogen (secondary N) is 1. The van der Waals surface area contributed by atoms with Gasteiger partial charge in [-0.2, -0.15) is 0 Å². The van der Waals surface area contributed by atoms with Gasteiger partial charge in [-0.15, -0.1) is 0 Å². The maximum atomic E-state index is 13.3. The van der Waals surface area contributed by atoms with Gasteiger partial charge in [-0.25, -0.2) is 4.39 Å². The third-order valence-electron chi connectivity index (χ3n) is 2.75. The predicted octanol–water partition coefficient (Wildman–Crippen LogP) is 3.06. The lowest BCUT2D eigenvalue weighted by Gasteiger charge is -2.23. The number of benzene rings is 1. The fraction of sp³-hybridized carbons (Fsp3) is 0.455. The van der Waals surface area contributed by atoms with Crippen molar-refractivity contribution >= 4 is 15.9 Å². The average molecular weight is 258 g/mol. The predicted molar refractivity (Wildman–Crippen MR) is 58.9 cm³/mol. The second kappa shape index (κ2) is 4.41. The van der Waals surface area contributed by atoms with E-state index < -0.39 is 0 Å². The Bertz CT molecular complexity index is 321. The van der Waals surface area contributed by atoms with Crippen molar-refractivity contribution in [3.05, 3.63) is 34.1 Å². The van der Waals surface area contributed by atoms with Crippen molar-refractivity contribution in [2.24, 2.45) is 0 Å².